The van der Waals surface area contributed by atoms with Crippen LogP contribution in [-0.4, -0.2) is 37.4 Å². The normalized spacial score (nSPS) is 15.9. The molecule has 1 saturated carbocycles. The average molecular weight is 369 g/mol. The Balaban J connectivity index is 1.80. The van der Waals surface area contributed by atoms with Crippen molar-refractivity contribution >= 4 is 5.91 Å². The summed E-state index contributed by atoms with van der Waals surface area (Å²) in [5, 5.41) is 7.87. The minimum absolute atomic E-state index is 0.0562. The maximum Gasteiger partial charge on any atom is 0.435 e. The Morgan fingerprint density at radius 2 is 2.12 bits per heavy atom. The predicted molar refractivity (Wildman–Crippen MR) is 88.3 cm³/mol. The monoisotopic (exact) mass is 369 g/mol. The van der Waals surface area contributed by atoms with E-state index in [1.165, 1.54) is 9.58 Å². The zero-order valence-corrected chi connectivity index (χ0v) is 15.0. The van der Waals surface area contributed by atoms with Crippen molar-refractivity contribution in [1.29, 1.82) is 0 Å². The van der Waals surface area contributed by atoms with Crippen LogP contribution in [-0.2, 0) is 24.1 Å². The van der Waals surface area contributed by atoms with Gasteiger partial charge in [0.2, 0.25) is 5.91 Å². The van der Waals surface area contributed by atoms with Crippen molar-refractivity contribution in [1.82, 2.24) is 24.5 Å². The molecule has 1 unspecified atom stereocenters. The maximum absolute atomic E-state index is 13.0. The van der Waals surface area contributed by atoms with Gasteiger partial charge in [-0.1, -0.05) is 0 Å². The first-order valence-electron chi connectivity index (χ1n) is 8.64. The van der Waals surface area contributed by atoms with Crippen molar-refractivity contribution in [3.63, 3.8) is 0 Å². The number of aryl methyl sites for hydroxylation is 1. The lowest BCUT2D eigenvalue weighted by Crippen LogP contribution is -2.34. The van der Waals surface area contributed by atoms with Crippen LogP contribution < -0.4 is 0 Å². The zero-order chi connectivity index (χ0) is 19.1. The summed E-state index contributed by atoms with van der Waals surface area (Å²) in [6, 6.07) is 2.10. The quantitative estimate of drug-likeness (QED) is 0.786. The van der Waals surface area contributed by atoms with Gasteiger partial charge in [-0.05, 0) is 38.8 Å². The molecule has 2 aromatic rings. The van der Waals surface area contributed by atoms with Gasteiger partial charge in [-0.2, -0.15) is 23.4 Å². The third kappa shape index (κ3) is 3.61. The second-order valence-electron chi connectivity index (χ2n) is 6.68. The Bertz CT molecular complexity index is 791. The van der Waals surface area contributed by atoms with Gasteiger partial charge in [0.15, 0.2) is 5.69 Å². The number of rotatable bonds is 6. The van der Waals surface area contributed by atoms with Crippen LogP contribution in [0.3, 0.4) is 0 Å². The van der Waals surface area contributed by atoms with Crippen LogP contribution in [0.25, 0.3) is 0 Å². The highest BCUT2D eigenvalue weighted by molar-refractivity contribution is 5.79. The summed E-state index contributed by atoms with van der Waals surface area (Å²) in [5.74, 6) is -0.228. The largest absolute Gasteiger partial charge is 0.435 e. The molecule has 0 aliphatic heterocycles. The number of nitrogens with zero attached hydrogens (tertiary/aromatic N) is 5. The summed E-state index contributed by atoms with van der Waals surface area (Å²) in [5.41, 5.74) is 0.422. The number of hydrogen-bond acceptors (Lipinski definition) is 3. The van der Waals surface area contributed by atoms with E-state index in [2.05, 4.69) is 10.2 Å². The fourth-order valence-electron chi connectivity index (χ4n) is 3.07. The molecule has 142 valence electrons. The molecule has 26 heavy (non-hydrogen) atoms. The molecule has 2 heterocycles. The Kier molecular flexibility index (Phi) is 4.81. The molecular formula is C17H22F3N5O. The van der Waals surface area contributed by atoms with Crippen molar-refractivity contribution in [3.05, 3.63) is 35.4 Å². The molecule has 0 aromatic carbocycles. The number of alkyl halides is 3. The molecule has 0 saturated heterocycles. The third-order valence-electron chi connectivity index (χ3n) is 4.65. The first-order valence-corrected chi connectivity index (χ1v) is 8.64. The van der Waals surface area contributed by atoms with Gasteiger partial charge < -0.3 is 4.90 Å². The molecular weight excluding hydrogens is 347 g/mol. The molecule has 3 rings (SSSR count). The van der Waals surface area contributed by atoms with Crippen molar-refractivity contribution in [2.45, 2.75) is 57.9 Å². The molecule has 0 spiro atoms. The lowest BCUT2D eigenvalue weighted by Gasteiger charge is -2.23. The van der Waals surface area contributed by atoms with E-state index < -0.39 is 17.9 Å². The number of aromatic nitrogens is 4. The number of amides is 1. The van der Waals surface area contributed by atoms with Gasteiger partial charge in [0.1, 0.15) is 6.04 Å². The van der Waals surface area contributed by atoms with E-state index in [-0.39, 0.29) is 11.8 Å². The van der Waals surface area contributed by atoms with Crippen LogP contribution in [0, 0.1) is 0 Å². The maximum atomic E-state index is 13.0. The van der Waals surface area contributed by atoms with Crippen LogP contribution in [0.5, 0.6) is 0 Å². The van der Waals surface area contributed by atoms with Crippen LogP contribution in [0.15, 0.2) is 18.3 Å². The van der Waals surface area contributed by atoms with Gasteiger partial charge in [0, 0.05) is 31.4 Å². The Labute approximate surface area is 149 Å². The van der Waals surface area contributed by atoms with Crippen LogP contribution in [0.4, 0.5) is 13.2 Å². The lowest BCUT2D eigenvalue weighted by atomic mass is 10.2. The van der Waals surface area contributed by atoms with E-state index in [1.54, 1.807) is 24.9 Å². The van der Waals surface area contributed by atoms with Crippen LogP contribution >= 0.6 is 0 Å². The minimum atomic E-state index is -4.52. The van der Waals surface area contributed by atoms with E-state index in [0.29, 0.717) is 18.8 Å². The van der Waals surface area contributed by atoms with Gasteiger partial charge in [-0.3, -0.25) is 14.2 Å². The molecule has 0 radical (unpaired) electrons. The Morgan fingerprint density at radius 3 is 2.69 bits per heavy atom. The minimum Gasteiger partial charge on any atom is -0.338 e. The molecule has 1 aliphatic carbocycles. The van der Waals surface area contributed by atoms with Gasteiger partial charge in [-0.25, -0.2) is 0 Å². The number of halogens is 3. The summed E-state index contributed by atoms with van der Waals surface area (Å²) in [7, 11) is 1.64. The van der Waals surface area contributed by atoms with Gasteiger partial charge >= 0.3 is 6.18 Å². The second-order valence-corrected chi connectivity index (χ2v) is 6.68. The van der Waals surface area contributed by atoms with Crippen molar-refractivity contribution in [2.75, 3.05) is 7.05 Å². The first kappa shape index (κ1) is 18.5. The molecule has 9 heteroatoms. The third-order valence-corrected chi connectivity index (χ3v) is 4.65. The Hall–Kier alpha value is -2.32. The molecule has 2 aromatic heterocycles. The summed E-state index contributed by atoms with van der Waals surface area (Å²) in [6.07, 6.45) is -1.20. The molecule has 1 fully saturated rings. The van der Waals surface area contributed by atoms with E-state index in [0.717, 1.165) is 24.6 Å². The van der Waals surface area contributed by atoms with E-state index in [9.17, 15) is 18.0 Å². The fraction of sp³-hybridized carbons (Fsp3) is 0.588. The van der Waals surface area contributed by atoms with E-state index in [4.69, 9.17) is 0 Å². The fourth-order valence-corrected chi connectivity index (χ4v) is 3.07. The number of hydrogen-bond donors (Lipinski definition) is 0. The highest BCUT2D eigenvalue weighted by Gasteiger charge is 2.39. The molecule has 1 atom stereocenters. The molecule has 1 amide bonds. The zero-order valence-electron chi connectivity index (χ0n) is 15.0. The van der Waals surface area contributed by atoms with E-state index >= 15 is 0 Å². The SMILES string of the molecule is CCn1nccc1CN(C)C(=O)C(C)n1nc(C(F)(F)F)cc1C1CC1. The molecule has 6 nitrogen and oxygen atoms in total. The standard InChI is InChI=1S/C17H22F3N5O/c1-4-24-13(7-8-21-24)10-23(3)16(26)11(2)25-14(12-5-6-12)9-15(22-25)17(18,19)20/h7-9,11-12H,4-6,10H2,1-3H3. The topological polar surface area (TPSA) is 56.0 Å². The molecule has 0 N–H and O–H groups in total. The number of likely N-dealkylation sites (N-methyl/N-ethyl adjacent to an activating group) is 1. The predicted octanol–water partition coefficient (Wildman–Crippen LogP) is 3.22. The molecule has 0 bridgehead atoms. The summed E-state index contributed by atoms with van der Waals surface area (Å²) in [4.78, 5) is 14.3. The first-order chi connectivity index (χ1) is 12.2. The highest BCUT2D eigenvalue weighted by atomic mass is 19.4. The summed E-state index contributed by atoms with van der Waals surface area (Å²) in [6.45, 7) is 4.56. The van der Waals surface area contributed by atoms with Gasteiger partial charge in [0.05, 0.1) is 12.2 Å². The van der Waals surface area contributed by atoms with Crippen molar-refractivity contribution < 1.29 is 18.0 Å². The van der Waals surface area contributed by atoms with Gasteiger partial charge in [0.25, 0.3) is 0 Å². The smallest absolute Gasteiger partial charge is 0.338 e. The second kappa shape index (κ2) is 6.77. The summed E-state index contributed by atoms with van der Waals surface area (Å²) >= 11 is 0. The highest BCUT2D eigenvalue weighted by Crippen LogP contribution is 2.43. The van der Waals surface area contributed by atoms with E-state index in [1.807, 2.05) is 13.0 Å². The number of carbonyl (C=O) groups is 1. The van der Waals surface area contributed by atoms with Crippen molar-refractivity contribution in [2.24, 2.45) is 0 Å². The van der Waals surface area contributed by atoms with Gasteiger partial charge in [-0.15, -0.1) is 0 Å². The number of carbonyl (C=O) groups excluding carboxylic acids is 1. The van der Waals surface area contributed by atoms with Crippen molar-refractivity contribution in [3.8, 4) is 0 Å². The molecule has 1 aliphatic rings. The van der Waals surface area contributed by atoms with Crippen LogP contribution in [0.1, 0.15) is 55.7 Å². The van der Waals surface area contributed by atoms with Crippen LogP contribution in [0.2, 0.25) is 0 Å². The Morgan fingerprint density at radius 1 is 1.42 bits per heavy atom. The summed E-state index contributed by atoms with van der Waals surface area (Å²) < 4.78 is 42.2. The lowest BCUT2D eigenvalue weighted by molar-refractivity contribution is -0.142. The average Bonchev–Trinajstić information content (AvgIpc) is 3.16.